The number of halogens is 1. The van der Waals surface area contributed by atoms with Gasteiger partial charge in [0.25, 0.3) is 0 Å². The number of hydrogen-bond donors (Lipinski definition) is 1. The summed E-state index contributed by atoms with van der Waals surface area (Å²) in [4.78, 5) is 0. The molecule has 1 aromatic carbocycles. The monoisotopic (exact) mass is 293 g/mol. The normalized spacial score (nSPS) is 19.5. The second kappa shape index (κ2) is 3.56. The smallest absolute Gasteiger partial charge is 0.135 e. The molecule has 0 spiro atoms. The summed E-state index contributed by atoms with van der Waals surface area (Å²) in [5.74, 6) is 0. The number of nitrogens with two attached hydrogens (primary N) is 1. The summed E-state index contributed by atoms with van der Waals surface area (Å²) in [5, 5.41) is 5.62. The van der Waals surface area contributed by atoms with E-state index in [-0.39, 0.29) is 11.5 Å². The maximum absolute atomic E-state index is 6.17. The van der Waals surface area contributed by atoms with E-state index in [1.165, 1.54) is 29.3 Å². The summed E-state index contributed by atoms with van der Waals surface area (Å²) in [6, 6.07) is 6.61. The van der Waals surface area contributed by atoms with Crippen LogP contribution in [0.2, 0.25) is 0 Å². The van der Waals surface area contributed by atoms with E-state index < -0.39 is 0 Å². The Bertz CT molecular complexity index is 582. The van der Waals surface area contributed by atoms with E-state index in [4.69, 9.17) is 5.73 Å². The molecule has 3 rings (SSSR count). The first kappa shape index (κ1) is 11.2. The quantitative estimate of drug-likeness (QED) is 0.925. The Morgan fingerprint density at radius 3 is 2.76 bits per heavy atom. The van der Waals surface area contributed by atoms with Gasteiger partial charge in [-0.3, -0.25) is 4.68 Å². The topological polar surface area (TPSA) is 43.8 Å². The highest BCUT2D eigenvalue weighted by Crippen LogP contribution is 2.52. The summed E-state index contributed by atoms with van der Waals surface area (Å²) < 4.78 is 2.87. The van der Waals surface area contributed by atoms with Crippen molar-refractivity contribution in [3.63, 3.8) is 0 Å². The van der Waals surface area contributed by atoms with Crippen LogP contribution in [0.5, 0.6) is 0 Å². The van der Waals surface area contributed by atoms with Crippen LogP contribution in [0.4, 0.5) is 0 Å². The van der Waals surface area contributed by atoms with E-state index in [0.717, 1.165) is 4.60 Å². The Kier molecular flexibility index (Phi) is 2.35. The third-order valence-electron chi connectivity index (χ3n) is 4.02. The molecule has 17 heavy (non-hydrogen) atoms. The van der Waals surface area contributed by atoms with Crippen molar-refractivity contribution >= 4 is 26.8 Å². The zero-order valence-corrected chi connectivity index (χ0v) is 11.7. The number of para-hydroxylation sites is 1. The average molecular weight is 294 g/mol. The number of nitrogens with zero attached hydrogens (tertiary/aromatic N) is 2. The number of hydrogen-bond acceptors (Lipinski definition) is 2. The minimum Gasteiger partial charge on any atom is -0.327 e. The fourth-order valence-electron chi connectivity index (χ4n) is 2.80. The molecule has 2 aromatic rings. The average Bonchev–Trinajstić information content (AvgIpc) is 3.04. The molecule has 1 aromatic heterocycles. The molecule has 0 saturated heterocycles. The van der Waals surface area contributed by atoms with Gasteiger partial charge in [0.15, 0.2) is 0 Å². The van der Waals surface area contributed by atoms with E-state index in [9.17, 15) is 0 Å². The molecule has 1 saturated carbocycles. The molecule has 1 unspecified atom stereocenters. The number of rotatable bonds is 2. The first-order chi connectivity index (χ1) is 8.06. The van der Waals surface area contributed by atoms with Crippen LogP contribution in [0.25, 0.3) is 10.9 Å². The second-order valence-corrected chi connectivity index (χ2v) is 5.81. The molecule has 0 bridgehead atoms. The minimum absolute atomic E-state index is 0.173. The van der Waals surface area contributed by atoms with Gasteiger partial charge in [0, 0.05) is 23.9 Å². The molecule has 0 aliphatic heterocycles. The van der Waals surface area contributed by atoms with Gasteiger partial charge in [-0.05, 0) is 41.3 Å². The third-order valence-corrected chi connectivity index (χ3v) is 4.60. The molecule has 1 aliphatic rings. The number of aryl methyl sites for hydroxylation is 1. The summed E-state index contributed by atoms with van der Waals surface area (Å²) >= 11 is 3.51. The molecular formula is C13H16BrN3. The summed E-state index contributed by atoms with van der Waals surface area (Å²) in [6.45, 7) is 2.11. The molecule has 1 heterocycles. The van der Waals surface area contributed by atoms with Gasteiger partial charge in [0.2, 0.25) is 0 Å². The first-order valence-electron chi connectivity index (χ1n) is 5.93. The Balaban J connectivity index is 2.31. The SMILES string of the molecule is CC(N)C1(c2cccc3c(Br)nn(C)c23)CC1. The zero-order chi connectivity index (χ0) is 12.2. The van der Waals surface area contributed by atoms with Gasteiger partial charge in [-0.25, -0.2) is 0 Å². The molecule has 1 aliphatic carbocycles. The summed E-state index contributed by atoms with van der Waals surface area (Å²) in [5.41, 5.74) is 8.91. The van der Waals surface area contributed by atoms with Crippen LogP contribution in [-0.4, -0.2) is 15.8 Å². The molecular weight excluding hydrogens is 278 g/mol. The highest BCUT2D eigenvalue weighted by atomic mass is 79.9. The van der Waals surface area contributed by atoms with E-state index in [2.05, 4.69) is 46.2 Å². The standard InChI is InChI=1S/C13H16BrN3/c1-8(15)13(6-7-13)10-5-3-4-9-11(10)17(2)16-12(9)14/h3-5,8H,6-7,15H2,1-2H3. The van der Waals surface area contributed by atoms with Crippen molar-refractivity contribution in [3.05, 3.63) is 28.4 Å². The van der Waals surface area contributed by atoms with Crippen LogP contribution in [0.3, 0.4) is 0 Å². The van der Waals surface area contributed by atoms with Gasteiger partial charge in [-0.1, -0.05) is 18.2 Å². The van der Waals surface area contributed by atoms with E-state index >= 15 is 0 Å². The molecule has 90 valence electrons. The van der Waals surface area contributed by atoms with E-state index in [1.54, 1.807) is 0 Å². The minimum atomic E-state index is 0.173. The number of fused-ring (bicyclic) bond motifs is 1. The fourth-order valence-corrected chi connectivity index (χ4v) is 3.36. The molecule has 0 amide bonds. The summed E-state index contributed by atoms with van der Waals surface area (Å²) in [6.07, 6.45) is 2.37. The van der Waals surface area contributed by atoms with Crippen LogP contribution in [0.15, 0.2) is 22.8 Å². The van der Waals surface area contributed by atoms with Crippen LogP contribution >= 0.6 is 15.9 Å². The highest BCUT2D eigenvalue weighted by Gasteiger charge is 2.48. The van der Waals surface area contributed by atoms with Gasteiger partial charge >= 0.3 is 0 Å². The third kappa shape index (κ3) is 1.47. The molecule has 4 heteroatoms. The van der Waals surface area contributed by atoms with Crippen LogP contribution in [-0.2, 0) is 12.5 Å². The molecule has 2 N–H and O–H groups in total. The van der Waals surface area contributed by atoms with Crippen molar-refractivity contribution < 1.29 is 0 Å². The van der Waals surface area contributed by atoms with E-state index in [1.807, 2.05) is 11.7 Å². The fraction of sp³-hybridized carbons (Fsp3) is 0.462. The Hall–Kier alpha value is -0.870. The second-order valence-electron chi connectivity index (χ2n) is 5.06. The van der Waals surface area contributed by atoms with Crippen molar-refractivity contribution in [2.45, 2.75) is 31.2 Å². The largest absolute Gasteiger partial charge is 0.327 e. The molecule has 1 fully saturated rings. The predicted octanol–water partition coefficient (Wildman–Crippen LogP) is 2.71. The Labute approximate surface area is 109 Å². The van der Waals surface area contributed by atoms with Gasteiger partial charge in [0.05, 0.1) is 5.52 Å². The van der Waals surface area contributed by atoms with E-state index in [0.29, 0.717) is 0 Å². The Morgan fingerprint density at radius 2 is 2.18 bits per heavy atom. The van der Waals surface area contributed by atoms with Gasteiger partial charge in [-0.15, -0.1) is 0 Å². The molecule has 0 radical (unpaired) electrons. The first-order valence-corrected chi connectivity index (χ1v) is 6.73. The van der Waals surface area contributed by atoms with Crippen molar-refractivity contribution in [1.82, 2.24) is 9.78 Å². The van der Waals surface area contributed by atoms with Crippen molar-refractivity contribution in [3.8, 4) is 0 Å². The lowest BCUT2D eigenvalue weighted by atomic mass is 9.88. The lowest BCUT2D eigenvalue weighted by Gasteiger charge is -2.21. The lowest BCUT2D eigenvalue weighted by Crippen LogP contribution is -2.31. The van der Waals surface area contributed by atoms with Crippen LogP contribution < -0.4 is 5.73 Å². The number of benzene rings is 1. The van der Waals surface area contributed by atoms with Crippen LogP contribution in [0.1, 0.15) is 25.3 Å². The maximum Gasteiger partial charge on any atom is 0.135 e. The van der Waals surface area contributed by atoms with Crippen molar-refractivity contribution in [1.29, 1.82) is 0 Å². The van der Waals surface area contributed by atoms with Gasteiger partial charge in [0.1, 0.15) is 4.60 Å². The van der Waals surface area contributed by atoms with Gasteiger partial charge < -0.3 is 5.73 Å². The predicted molar refractivity (Wildman–Crippen MR) is 73.0 cm³/mol. The summed E-state index contributed by atoms with van der Waals surface area (Å²) in [7, 11) is 1.99. The molecule has 1 atom stereocenters. The van der Waals surface area contributed by atoms with Crippen molar-refractivity contribution in [2.75, 3.05) is 0 Å². The maximum atomic E-state index is 6.17. The van der Waals surface area contributed by atoms with Gasteiger partial charge in [-0.2, -0.15) is 5.10 Å². The lowest BCUT2D eigenvalue weighted by molar-refractivity contribution is 0.557. The zero-order valence-electron chi connectivity index (χ0n) is 10.1. The Morgan fingerprint density at radius 1 is 1.47 bits per heavy atom. The molecule has 3 nitrogen and oxygen atoms in total. The highest BCUT2D eigenvalue weighted by molar-refractivity contribution is 9.10. The van der Waals surface area contributed by atoms with Crippen molar-refractivity contribution in [2.24, 2.45) is 12.8 Å². The number of aromatic nitrogens is 2. The van der Waals surface area contributed by atoms with Crippen LogP contribution in [0, 0.1) is 0 Å².